The number of para-hydroxylation sites is 2. The zero-order valence-electron chi connectivity index (χ0n) is 14.1. The van der Waals surface area contributed by atoms with Crippen LogP contribution in [0.1, 0.15) is 17.3 Å². The van der Waals surface area contributed by atoms with Gasteiger partial charge in [-0.05, 0) is 43.3 Å². The summed E-state index contributed by atoms with van der Waals surface area (Å²) in [5.74, 6) is -1.61. The first-order valence-corrected chi connectivity index (χ1v) is 8.14. The second-order valence-electron chi connectivity index (χ2n) is 5.54. The van der Waals surface area contributed by atoms with Gasteiger partial charge >= 0.3 is 0 Å². The smallest absolute Gasteiger partial charge is 0.257 e. The molecule has 1 aromatic heterocycles. The van der Waals surface area contributed by atoms with Crippen LogP contribution in [-0.4, -0.2) is 17.4 Å². The molecule has 0 unspecified atom stereocenters. The van der Waals surface area contributed by atoms with Crippen molar-refractivity contribution in [3.05, 3.63) is 84.1 Å². The number of rotatable bonds is 5. The molecule has 0 saturated carbocycles. The van der Waals surface area contributed by atoms with E-state index >= 15 is 0 Å². The highest BCUT2D eigenvalue weighted by Gasteiger charge is 2.15. The molecule has 4 nitrogen and oxygen atoms in total. The van der Waals surface area contributed by atoms with Crippen LogP contribution in [0.25, 0.3) is 0 Å². The van der Waals surface area contributed by atoms with Gasteiger partial charge in [0.2, 0.25) is 0 Å². The van der Waals surface area contributed by atoms with Crippen molar-refractivity contribution in [2.24, 2.45) is 0 Å². The fourth-order valence-corrected chi connectivity index (χ4v) is 2.57. The molecule has 3 rings (SSSR count). The molecule has 0 saturated heterocycles. The Labute approximate surface area is 150 Å². The van der Waals surface area contributed by atoms with Gasteiger partial charge in [-0.2, -0.15) is 0 Å². The first kappa shape index (κ1) is 17.5. The lowest BCUT2D eigenvalue weighted by molar-refractivity contribution is 0.102. The number of anilines is 3. The van der Waals surface area contributed by atoms with Crippen LogP contribution in [-0.2, 0) is 0 Å². The number of carbonyl (C=O) groups excluding carboxylic acids is 1. The number of pyridine rings is 1. The van der Waals surface area contributed by atoms with Gasteiger partial charge in [-0.3, -0.25) is 4.79 Å². The van der Waals surface area contributed by atoms with E-state index in [-0.39, 0.29) is 5.56 Å². The molecule has 1 N–H and O–H groups in total. The number of nitrogens with zero attached hydrogens (tertiary/aromatic N) is 2. The molecule has 1 amide bonds. The Balaban J connectivity index is 1.80. The maximum atomic E-state index is 13.7. The van der Waals surface area contributed by atoms with E-state index in [2.05, 4.69) is 10.3 Å². The van der Waals surface area contributed by atoms with Crippen LogP contribution in [0.5, 0.6) is 0 Å². The van der Waals surface area contributed by atoms with Crippen molar-refractivity contribution in [1.82, 2.24) is 4.98 Å². The Morgan fingerprint density at radius 1 is 1.00 bits per heavy atom. The lowest BCUT2D eigenvalue weighted by Crippen LogP contribution is -2.18. The van der Waals surface area contributed by atoms with Gasteiger partial charge in [-0.1, -0.05) is 24.3 Å². The largest absolute Gasteiger partial charge is 0.327 e. The lowest BCUT2D eigenvalue weighted by atomic mass is 10.2. The molecule has 0 aliphatic carbocycles. The second-order valence-corrected chi connectivity index (χ2v) is 5.54. The number of hydrogen-bond acceptors (Lipinski definition) is 3. The summed E-state index contributed by atoms with van der Waals surface area (Å²) < 4.78 is 27.3. The highest BCUT2D eigenvalue weighted by molar-refractivity contribution is 6.04. The van der Waals surface area contributed by atoms with Crippen LogP contribution in [0.2, 0.25) is 0 Å². The maximum absolute atomic E-state index is 13.7. The van der Waals surface area contributed by atoms with Crippen molar-refractivity contribution in [1.29, 1.82) is 0 Å². The standard InChI is InChI=1S/C20H17F2N3O/c1-2-25(15-7-4-3-5-8-15)18-12-11-14(13-23-18)20(26)24-19-16(21)9-6-10-17(19)22/h3-13H,2H2,1H3,(H,24,26). The summed E-state index contributed by atoms with van der Waals surface area (Å²) in [6, 6.07) is 16.4. The first-order chi connectivity index (χ1) is 12.6. The van der Waals surface area contributed by atoms with Gasteiger partial charge in [0.25, 0.3) is 5.91 Å². The van der Waals surface area contributed by atoms with Gasteiger partial charge < -0.3 is 10.2 Å². The van der Waals surface area contributed by atoms with Crippen molar-refractivity contribution in [2.75, 3.05) is 16.8 Å². The van der Waals surface area contributed by atoms with Crippen molar-refractivity contribution in [3.8, 4) is 0 Å². The highest BCUT2D eigenvalue weighted by atomic mass is 19.1. The molecule has 2 aromatic carbocycles. The Morgan fingerprint density at radius 2 is 1.69 bits per heavy atom. The second kappa shape index (κ2) is 7.74. The summed E-state index contributed by atoms with van der Waals surface area (Å²) in [4.78, 5) is 18.5. The molecule has 0 radical (unpaired) electrons. The molecular weight excluding hydrogens is 336 g/mol. The molecule has 0 spiro atoms. The first-order valence-electron chi connectivity index (χ1n) is 8.14. The van der Waals surface area contributed by atoms with Crippen LogP contribution in [0.3, 0.4) is 0 Å². The average molecular weight is 353 g/mol. The van der Waals surface area contributed by atoms with Crippen LogP contribution >= 0.6 is 0 Å². The molecule has 1 heterocycles. The molecule has 26 heavy (non-hydrogen) atoms. The van der Waals surface area contributed by atoms with E-state index in [1.807, 2.05) is 42.2 Å². The molecule has 0 aliphatic heterocycles. The molecule has 0 aliphatic rings. The van der Waals surface area contributed by atoms with Crippen LogP contribution in [0, 0.1) is 11.6 Å². The predicted molar refractivity (Wildman–Crippen MR) is 97.7 cm³/mol. The topological polar surface area (TPSA) is 45.2 Å². The van der Waals surface area contributed by atoms with E-state index in [1.54, 1.807) is 12.1 Å². The van der Waals surface area contributed by atoms with Gasteiger partial charge in [0.05, 0.1) is 5.56 Å². The Kier molecular flexibility index (Phi) is 5.22. The zero-order chi connectivity index (χ0) is 18.5. The van der Waals surface area contributed by atoms with Crippen LogP contribution in [0.15, 0.2) is 66.9 Å². The number of hydrogen-bond donors (Lipinski definition) is 1. The van der Waals surface area contributed by atoms with Gasteiger partial charge in [-0.15, -0.1) is 0 Å². The van der Waals surface area contributed by atoms with Crippen LogP contribution in [0.4, 0.5) is 26.0 Å². The number of halogens is 2. The van der Waals surface area contributed by atoms with Crippen molar-refractivity contribution in [3.63, 3.8) is 0 Å². The summed E-state index contributed by atoms with van der Waals surface area (Å²) in [6.45, 7) is 2.69. The quantitative estimate of drug-likeness (QED) is 0.719. The maximum Gasteiger partial charge on any atom is 0.257 e. The summed E-state index contributed by atoms with van der Waals surface area (Å²) in [7, 11) is 0. The normalized spacial score (nSPS) is 10.4. The fraction of sp³-hybridized carbons (Fsp3) is 0.100. The van der Waals surface area contributed by atoms with Gasteiger partial charge in [0.15, 0.2) is 0 Å². The van der Waals surface area contributed by atoms with E-state index in [4.69, 9.17) is 0 Å². The Morgan fingerprint density at radius 3 is 2.27 bits per heavy atom. The zero-order valence-corrected chi connectivity index (χ0v) is 14.1. The van der Waals surface area contributed by atoms with E-state index < -0.39 is 23.2 Å². The summed E-state index contributed by atoms with van der Waals surface area (Å²) in [6.07, 6.45) is 1.38. The SMILES string of the molecule is CCN(c1ccccc1)c1ccc(C(=O)Nc2c(F)cccc2F)cn1. The third-order valence-corrected chi connectivity index (χ3v) is 3.87. The molecule has 0 fully saturated rings. The fourth-order valence-electron chi connectivity index (χ4n) is 2.57. The minimum atomic E-state index is -0.829. The van der Waals surface area contributed by atoms with Crippen molar-refractivity contribution in [2.45, 2.75) is 6.92 Å². The van der Waals surface area contributed by atoms with E-state index in [1.165, 1.54) is 12.3 Å². The predicted octanol–water partition coefficient (Wildman–Crippen LogP) is 4.77. The lowest BCUT2D eigenvalue weighted by Gasteiger charge is -2.22. The molecular formula is C20H17F2N3O. The Bertz CT molecular complexity index is 878. The molecule has 3 aromatic rings. The summed E-state index contributed by atoms with van der Waals surface area (Å²) >= 11 is 0. The third-order valence-electron chi connectivity index (χ3n) is 3.87. The van der Waals surface area contributed by atoms with E-state index in [0.29, 0.717) is 12.4 Å². The minimum absolute atomic E-state index is 0.209. The van der Waals surface area contributed by atoms with Crippen LogP contribution < -0.4 is 10.2 Å². The molecule has 0 bridgehead atoms. The van der Waals surface area contributed by atoms with Crippen molar-refractivity contribution < 1.29 is 13.6 Å². The van der Waals surface area contributed by atoms with Crippen molar-refractivity contribution >= 4 is 23.1 Å². The van der Waals surface area contributed by atoms with Gasteiger partial charge in [-0.25, -0.2) is 13.8 Å². The third kappa shape index (κ3) is 3.69. The number of nitrogens with one attached hydrogen (secondary N) is 1. The number of carbonyl (C=O) groups is 1. The molecule has 132 valence electrons. The monoisotopic (exact) mass is 353 g/mol. The van der Waals surface area contributed by atoms with Gasteiger partial charge in [0, 0.05) is 18.4 Å². The number of amides is 1. The molecule has 0 atom stereocenters. The Hall–Kier alpha value is -3.28. The average Bonchev–Trinajstić information content (AvgIpc) is 2.67. The van der Waals surface area contributed by atoms with Gasteiger partial charge in [0.1, 0.15) is 23.1 Å². The van der Waals surface area contributed by atoms with E-state index in [0.717, 1.165) is 17.8 Å². The number of aromatic nitrogens is 1. The highest BCUT2D eigenvalue weighted by Crippen LogP contribution is 2.23. The molecule has 6 heteroatoms. The summed E-state index contributed by atoms with van der Waals surface area (Å²) in [5, 5.41) is 2.25. The minimum Gasteiger partial charge on any atom is -0.327 e. The number of benzene rings is 2. The van der Waals surface area contributed by atoms with E-state index in [9.17, 15) is 13.6 Å². The summed E-state index contributed by atoms with van der Waals surface area (Å²) in [5.41, 5.74) is 0.717.